The summed E-state index contributed by atoms with van der Waals surface area (Å²) >= 11 is 0. The molecule has 0 aromatic rings. The first kappa shape index (κ1) is 14.1. The molecule has 18 heavy (non-hydrogen) atoms. The molecular formula is C12H20F4N2. The van der Waals surface area contributed by atoms with Crippen molar-refractivity contribution >= 4 is 0 Å². The van der Waals surface area contributed by atoms with E-state index in [1.54, 1.807) is 0 Å². The molecule has 2 heterocycles. The minimum absolute atomic E-state index is 0.0545. The van der Waals surface area contributed by atoms with Gasteiger partial charge in [0.15, 0.2) is 0 Å². The van der Waals surface area contributed by atoms with E-state index in [9.17, 15) is 17.6 Å². The quantitative estimate of drug-likeness (QED) is 0.788. The Kier molecular flexibility index (Phi) is 4.16. The van der Waals surface area contributed by atoms with E-state index in [0.717, 1.165) is 25.7 Å². The van der Waals surface area contributed by atoms with E-state index in [0.29, 0.717) is 12.1 Å². The monoisotopic (exact) mass is 268 g/mol. The third-order valence-electron chi connectivity index (χ3n) is 4.29. The van der Waals surface area contributed by atoms with Crippen molar-refractivity contribution in [1.82, 2.24) is 10.2 Å². The fourth-order valence-electron chi connectivity index (χ4n) is 3.14. The molecule has 2 fully saturated rings. The highest BCUT2D eigenvalue weighted by molar-refractivity contribution is 4.94. The van der Waals surface area contributed by atoms with Crippen molar-refractivity contribution in [2.75, 3.05) is 13.6 Å². The van der Waals surface area contributed by atoms with Gasteiger partial charge < -0.3 is 10.2 Å². The van der Waals surface area contributed by atoms with Crippen molar-refractivity contribution < 1.29 is 17.6 Å². The van der Waals surface area contributed by atoms with Gasteiger partial charge in [-0.1, -0.05) is 6.42 Å². The van der Waals surface area contributed by atoms with E-state index in [4.69, 9.17) is 0 Å². The highest BCUT2D eigenvalue weighted by atomic mass is 19.3. The van der Waals surface area contributed by atoms with Gasteiger partial charge in [-0.05, 0) is 32.7 Å². The van der Waals surface area contributed by atoms with Crippen LogP contribution in [0.25, 0.3) is 0 Å². The van der Waals surface area contributed by atoms with Crippen LogP contribution in [0.3, 0.4) is 0 Å². The molecule has 2 unspecified atom stereocenters. The average Bonchev–Trinajstić information content (AvgIpc) is 2.26. The Morgan fingerprint density at radius 1 is 1.22 bits per heavy atom. The summed E-state index contributed by atoms with van der Waals surface area (Å²) in [6, 6.07) is 0.770. The minimum Gasteiger partial charge on any atom is -0.308 e. The maximum atomic E-state index is 12.8. The highest BCUT2D eigenvalue weighted by Crippen LogP contribution is 2.33. The minimum atomic E-state index is -3.92. The molecule has 106 valence electrons. The lowest BCUT2D eigenvalue weighted by Crippen LogP contribution is -2.56. The van der Waals surface area contributed by atoms with Gasteiger partial charge in [-0.25, -0.2) is 8.78 Å². The van der Waals surface area contributed by atoms with E-state index >= 15 is 0 Å². The first-order valence-corrected chi connectivity index (χ1v) is 6.51. The number of rotatable bonds is 4. The predicted molar refractivity (Wildman–Crippen MR) is 61.2 cm³/mol. The van der Waals surface area contributed by atoms with Crippen molar-refractivity contribution in [3.63, 3.8) is 0 Å². The van der Waals surface area contributed by atoms with Gasteiger partial charge in [0.05, 0.1) is 6.54 Å². The van der Waals surface area contributed by atoms with Crippen LogP contribution in [0.2, 0.25) is 0 Å². The molecule has 2 rings (SSSR count). The number of nitrogens with zero attached hydrogens (tertiary/aromatic N) is 1. The van der Waals surface area contributed by atoms with Gasteiger partial charge in [-0.15, -0.1) is 0 Å². The maximum Gasteiger partial charge on any atom is 0.319 e. The SMILES string of the molecule is CN1C2CCCC1CC(NCC(F)(F)C(F)F)C2. The van der Waals surface area contributed by atoms with Gasteiger partial charge in [0.25, 0.3) is 0 Å². The first-order valence-electron chi connectivity index (χ1n) is 6.51. The second kappa shape index (κ2) is 5.33. The summed E-state index contributed by atoms with van der Waals surface area (Å²) in [4.78, 5) is 2.31. The number of fused-ring (bicyclic) bond motifs is 2. The molecule has 0 saturated carbocycles. The molecule has 0 spiro atoms. The van der Waals surface area contributed by atoms with Crippen molar-refractivity contribution in [3.8, 4) is 0 Å². The van der Waals surface area contributed by atoms with Crippen LogP contribution >= 0.6 is 0 Å². The maximum absolute atomic E-state index is 12.8. The summed E-state index contributed by atoms with van der Waals surface area (Å²) in [5.74, 6) is -3.92. The fraction of sp³-hybridized carbons (Fsp3) is 1.00. The van der Waals surface area contributed by atoms with Crippen molar-refractivity contribution in [1.29, 1.82) is 0 Å². The summed E-state index contributed by atoms with van der Waals surface area (Å²) in [5.41, 5.74) is 0. The van der Waals surface area contributed by atoms with E-state index in [1.807, 2.05) is 0 Å². The zero-order valence-electron chi connectivity index (χ0n) is 10.5. The molecule has 2 aliphatic rings. The molecule has 0 aromatic carbocycles. The van der Waals surface area contributed by atoms with Gasteiger partial charge in [-0.3, -0.25) is 0 Å². The second-order valence-electron chi connectivity index (χ2n) is 5.51. The lowest BCUT2D eigenvalue weighted by Gasteiger charge is -2.47. The molecular weight excluding hydrogens is 248 g/mol. The second-order valence-corrected chi connectivity index (χ2v) is 5.51. The summed E-state index contributed by atoms with van der Waals surface area (Å²) in [7, 11) is 2.07. The van der Waals surface area contributed by atoms with Crippen LogP contribution in [0.5, 0.6) is 0 Å². The van der Waals surface area contributed by atoms with Crippen LogP contribution in [0.4, 0.5) is 17.6 Å². The third-order valence-corrected chi connectivity index (χ3v) is 4.29. The van der Waals surface area contributed by atoms with Gasteiger partial charge in [0, 0.05) is 18.1 Å². The number of alkyl halides is 4. The van der Waals surface area contributed by atoms with Gasteiger partial charge >= 0.3 is 12.3 Å². The molecule has 2 nitrogen and oxygen atoms in total. The smallest absolute Gasteiger partial charge is 0.308 e. The Bertz CT molecular complexity index is 271. The van der Waals surface area contributed by atoms with Gasteiger partial charge in [0.1, 0.15) is 0 Å². The summed E-state index contributed by atoms with van der Waals surface area (Å²) in [5, 5.41) is 2.64. The van der Waals surface area contributed by atoms with Crippen LogP contribution < -0.4 is 5.32 Å². The van der Waals surface area contributed by atoms with Crippen LogP contribution in [-0.4, -0.2) is 49.0 Å². The number of piperidine rings is 2. The molecule has 2 bridgehead atoms. The average molecular weight is 268 g/mol. The Labute approximate surface area is 105 Å². The number of hydrogen-bond acceptors (Lipinski definition) is 2. The lowest BCUT2D eigenvalue weighted by molar-refractivity contribution is -0.127. The Morgan fingerprint density at radius 3 is 2.28 bits per heavy atom. The number of nitrogens with one attached hydrogen (secondary N) is 1. The lowest BCUT2D eigenvalue weighted by atomic mass is 9.82. The van der Waals surface area contributed by atoms with E-state index in [1.165, 1.54) is 6.42 Å². The van der Waals surface area contributed by atoms with Crippen molar-refractivity contribution in [3.05, 3.63) is 0 Å². The van der Waals surface area contributed by atoms with E-state index in [2.05, 4.69) is 17.3 Å². The molecule has 0 aliphatic carbocycles. The third kappa shape index (κ3) is 2.96. The summed E-state index contributed by atoms with van der Waals surface area (Å²) in [6.45, 7) is -0.918. The zero-order valence-corrected chi connectivity index (χ0v) is 10.5. The normalized spacial score (nSPS) is 34.0. The number of hydrogen-bond donors (Lipinski definition) is 1. The van der Waals surface area contributed by atoms with Crippen LogP contribution in [-0.2, 0) is 0 Å². The van der Waals surface area contributed by atoms with Crippen molar-refractivity contribution in [2.24, 2.45) is 0 Å². The fourth-order valence-corrected chi connectivity index (χ4v) is 3.14. The summed E-state index contributed by atoms with van der Waals surface area (Å²) in [6.07, 6.45) is 1.32. The summed E-state index contributed by atoms with van der Waals surface area (Å²) < 4.78 is 49.8. The highest BCUT2D eigenvalue weighted by Gasteiger charge is 2.42. The van der Waals surface area contributed by atoms with Crippen LogP contribution in [0.1, 0.15) is 32.1 Å². The Hall–Kier alpha value is -0.360. The Morgan fingerprint density at radius 2 is 1.78 bits per heavy atom. The molecule has 0 radical (unpaired) electrons. The Balaban J connectivity index is 1.85. The molecule has 2 aliphatic heterocycles. The first-order chi connectivity index (χ1) is 8.40. The predicted octanol–water partition coefficient (Wildman–Crippen LogP) is 2.49. The number of halogens is 4. The van der Waals surface area contributed by atoms with Crippen molar-refractivity contribution in [2.45, 2.75) is 62.6 Å². The molecule has 1 N–H and O–H groups in total. The molecule has 6 heteroatoms. The van der Waals surface area contributed by atoms with Crippen LogP contribution in [0.15, 0.2) is 0 Å². The molecule has 2 saturated heterocycles. The van der Waals surface area contributed by atoms with Crippen LogP contribution in [0, 0.1) is 0 Å². The zero-order chi connectivity index (χ0) is 13.3. The standard InChI is InChI=1S/C12H20F4N2/c1-18-9-3-2-4-10(18)6-8(5-9)17-7-12(15,16)11(13)14/h8-11,17H,2-7H2,1H3. The van der Waals surface area contributed by atoms with E-state index < -0.39 is 18.9 Å². The van der Waals surface area contributed by atoms with Gasteiger partial charge in [0.2, 0.25) is 0 Å². The molecule has 2 atom stereocenters. The largest absolute Gasteiger partial charge is 0.319 e. The molecule has 0 amide bonds. The molecule has 0 aromatic heterocycles. The van der Waals surface area contributed by atoms with E-state index in [-0.39, 0.29) is 6.04 Å². The topological polar surface area (TPSA) is 15.3 Å². The van der Waals surface area contributed by atoms with Gasteiger partial charge in [-0.2, -0.15) is 8.78 Å².